The molecule has 0 unspecified atom stereocenters. The third kappa shape index (κ3) is 3.89. The SMILES string of the molecule is C=CCC(=CC)CC(=O)O. The molecule has 0 rings (SSSR count). The Morgan fingerprint density at radius 2 is 2.30 bits per heavy atom. The minimum absolute atomic E-state index is 0.127. The van der Waals surface area contributed by atoms with Crippen LogP contribution in [0.1, 0.15) is 19.8 Å². The molecule has 0 fully saturated rings. The number of allylic oxidation sites excluding steroid dienone is 2. The van der Waals surface area contributed by atoms with E-state index < -0.39 is 5.97 Å². The minimum atomic E-state index is -0.782. The van der Waals surface area contributed by atoms with E-state index in [0.29, 0.717) is 6.42 Å². The molecule has 0 heterocycles. The second-order valence-corrected chi connectivity index (χ2v) is 2.01. The molecular formula is C8H12O2. The van der Waals surface area contributed by atoms with Crippen LogP contribution in [0.4, 0.5) is 0 Å². The zero-order valence-electron chi connectivity index (χ0n) is 6.13. The van der Waals surface area contributed by atoms with E-state index in [-0.39, 0.29) is 6.42 Å². The number of aliphatic carboxylic acids is 1. The molecule has 0 bridgehead atoms. The van der Waals surface area contributed by atoms with Gasteiger partial charge in [0, 0.05) is 0 Å². The number of hydrogen-bond acceptors (Lipinski definition) is 1. The highest BCUT2D eigenvalue weighted by atomic mass is 16.4. The lowest BCUT2D eigenvalue weighted by Gasteiger charge is -1.97. The van der Waals surface area contributed by atoms with Crippen molar-refractivity contribution in [2.75, 3.05) is 0 Å². The van der Waals surface area contributed by atoms with Gasteiger partial charge in [0.25, 0.3) is 0 Å². The van der Waals surface area contributed by atoms with Gasteiger partial charge in [-0.15, -0.1) is 6.58 Å². The molecule has 0 saturated heterocycles. The van der Waals surface area contributed by atoms with Crippen molar-refractivity contribution < 1.29 is 9.90 Å². The van der Waals surface area contributed by atoms with E-state index >= 15 is 0 Å². The molecule has 0 aliphatic heterocycles. The van der Waals surface area contributed by atoms with Crippen molar-refractivity contribution in [3.63, 3.8) is 0 Å². The molecule has 0 aromatic heterocycles. The summed E-state index contributed by atoms with van der Waals surface area (Å²) in [6.45, 7) is 5.36. The summed E-state index contributed by atoms with van der Waals surface area (Å²) < 4.78 is 0. The molecule has 0 spiro atoms. The van der Waals surface area contributed by atoms with Crippen LogP contribution in [-0.4, -0.2) is 11.1 Å². The van der Waals surface area contributed by atoms with Gasteiger partial charge in [-0.05, 0) is 13.3 Å². The Labute approximate surface area is 60.9 Å². The highest BCUT2D eigenvalue weighted by Gasteiger charge is 1.99. The van der Waals surface area contributed by atoms with Crippen molar-refractivity contribution in [2.45, 2.75) is 19.8 Å². The Bertz CT molecular complexity index is 157. The molecule has 1 N–H and O–H groups in total. The molecule has 0 aliphatic rings. The predicted octanol–water partition coefficient (Wildman–Crippen LogP) is 1.98. The number of hydrogen-bond donors (Lipinski definition) is 1. The second-order valence-electron chi connectivity index (χ2n) is 2.01. The first-order chi connectivity index (χ1) is 4.70. The standard InChI is InChI=1S/C8H12O2/c1-3-5-7(4-2)6-8(9)10/h3-4H,1,5-6H2,2H3,(H,9,10). The van der Waals surface area contributed by atoms with Gasteiger partial charge in [0.15, 0.2) is 0 Å². The van der Waals surface area contributed by atoms with E-state index in [2.05, 4.69) is 6.58 Å². The summed E-state index contributed by atoms with van der Waals surface area (Å²) in [5.74, 6) is -0.782. The van der Waals surface area contributed by atoms with Crippen molar-refractivity contribution in [3.05, 3.63) is 24.3 Å². The van der Waals surface area contributed by atoms with Gasteiger partial charge in [0.1, 0.15) is 0 Å². The summed E-state index contributed by atoms with van der Waals surface area (Å²) in [6, 6.07) is 0. The summed E-state index contributed by atoms with van der Waals surface area (Å²) in [7, 11) is 0. The monoisotopic (exact) mass is 140 g/mol. The maximum atomic E-state index is 10.2. The maximum absolute atomic E-state index is 10.2. The fourth-order valence-electron chi connectivity index (χ4n) is 0.672. The molecule has 10 heavy (non-hydrogen) atoms. The fraction of sp³-hybridized carbons (Fsp3) is 0.375. The van der Waals surface area contributed by atoms with Crippen LogP contribution >= 0.6 is 0 Å². The fourth-order valence-corrected chi connectivity index (χ4v) is 0.672. The van der Waals surface area contributed by atoms with Crippen LogP contribution in [0.25, 0.3) is 0 Å². The zero-order valence-corrected chi connectivity index (χ0v) is 6.13. The highest BCUT2D eigenvalue weighted by molar-refractivity contribution is 5.70. The molecule has 0 aromatic rings. The minimum Gasteiger partial charge on any atom is -0.481 e. The Kier molecular flexibility index (Phi) is 4.29. The summed E-state index contributed by atoms with van der Waals surface area (Å²) in [4.78, 5) is 10.2. The Morgan fingerprint density at radius 3 is 2.60 bits per heavy atom. The average molecular weight is 140 g/mol. The lowest BCUT2D eigenvalue weighted by atomic mass is 10.1. The highest BCUT2D eigenvalue weighted by Crippen LogP contribution is 2.06. The van der Waals surface area contributed by atoms with Crippen molar-refractivity contribution in [1.82, 2.24) is 0 Å². The number of carboxylic acids is 1. The molecule has 0 amide bonds. The van der Waals surface area contributed by atoms with E-state index in [1.807, 2.05) is 13.0 Å². The van der Waals surface area contributed by atoms with Crippen LogP contribution in [-0.2, 0) is 4.79 Å². The number of rotatable bonds is 4. The molecule has 2 heteroatoms. The smallest absolute Gasteiger partial charge is 0.307 e. The summed E-state index contributed by atoms with van der Waals surface area (Å²) >= 11 is 0. The van der Waals surface area contributed by atoms with E-state index in [4.69, 9.17) is 5.11 Å². The molecule has 2 nitrogen and oxygen atoms in total. The van der Waals surface area contributed by atoms with E-state index in [0.717, 1.165) is 5.57 Å². The number of carbonyl (C=O) groups is 1. The van der Waals surface area contributed by atoms with Crippen molar-refractivity contribution in [1.29, 1.82) is 0 Å². The van der Waals surface area contributed by atoms with Crippen LogP contribution in [0.5, 0.6) is 0 Å². The summed E-state index contributed by atoms with van der Waals surface area (Å²) in [5.41, 5.74) is 0.905. The van der Waals surface area contributed by atoms with Gasteiger partial charge in [0.2, 0.25) is 0 Å². The molecular weight excluding hydrogens is 128 g/mol. The zero-order chi connectivity index (χ0) is 7.98. The van der Waals surface area contributed by atoms with Crippen molar-refractivity contribution >= 4 is 5.97 Å². The van der Waals surface area contributed by atoms with Gasteiger partial charge < -0.3 is 5.11 Å². The largest absolute Gasteiger partial charge is 0.481 e. The molecule has 0 aliphatic carbocycles. The van der Waals surface area contributed by atoms with E-state index in [1.165, 1.54) is 0 Å². The van der Waals surface area contributed by atoms with Crippen LogP contribution in [0.15, 0.2) is 24.3 Å². The topological polar surface area (TPSA) is 37.3 Å². The quantitative estimate of drug-likeness (QED) is 0.606. The Morgan fingerprint density at radius 1 is 1.70 bits per heavy atom. The second kappa shape index (κ2) is 4.79. The first-order valence-electron chi connectivity index (χ1n) is 3.17. The van der Waals surface area contributed by atoms with Gasteiger partial charge in [-0.25, -0.2) is 0 Å². The molecule has 0 saturated carbocycles. The maximum Gasteiger partial charge on any atom is 0.307 e. The first-order valence-corrected chi connectivity index (χ1v) is 3.17. The van der Waals surface area contributed by atoms with E-state index in [9.17, 15) is 4.79 Å². The predicted molar refractivity (Wildman–Crippen MR) is 40.8 cm³/mol. The lowest BCUT2D eigenvalue weighted by Crippen LogP contribution is -1.96. The molecule has 56 valence electrons. The summed E-state index contributed by atoms with van der Waals surface area (Å²) in [5, 5.41) is 8.37. The third-order valence-electron chi connectivity index (χ3n) is 1.19. The van der Waals surface area contributed by atoms with Crippen LogP contribution in [0.3, 0.4) is 0 Å². The number of carboxylic acid groups (broad SMARTS) is 1. The van der Waals surface area contributed by atoms with Gasteiger partial charge >= 0.3 is 5.97 Å². The first kappa shape index (κ1) is 8.95. The normalized spacial score (nSPS) is 11.1. The van der Waals surface area contributed by atoms with Crippen LogP contribution in [0, 0.1) is 0 Å². The molecule has 0 aromatic carbocycles. The van der Waals surface area contributed by atoms with Crippen molar-refractivity contribution in [3.8, 4) is 0 Å². The van der Waals surface area contributed by atoms with Gasteiger partial charge in [-0.1, -0.05) is 17.7 Å². The lowest BCUT2D eigenvalue weighted by molar-refractivity contribution is -0.136. The van der Waals surface area contributed by atoms with Crippen LogP contribution < -0.4 is 0 Å². The van der Waals surface area contributed by atoms with E-state index in [1.54, 1.807) is 6.08 Å². The van der Waals surface area contributed by atoms with Crippen molar-refractivity contribution in [2.24, 2.45) is 0 Å². The Hall–Kier alpha value is -1.05. The van der Waals surface area contributed by atoms with Crippen LogP contribution in [0.2, 0.25) is 0 Å². The third-order valence-corrected chi connectivity index (χ3v) is 1.19. The van der Waals surface area contributed by atoms with Gasteiger partial charge in [0.05, 0.1) is 6.42 Å². The molecule has 0 radical (unpaired) electrons. The van der Waals surface area contributed by atoms with Gasteiger partial charge in [-0.2, -0.15) is 0 Å². The Balaban J connectivity index is 3.84. The average Bonchev–Trinajstić information content (AvgIpc) is 1.86. The van der Waals surface area contributed by atoms with Gasteiger partial charge in [-0.3, -0.25) is 4.79 Å². The summed E-state index contributed by atoms with van der Waals surface area (Å²) in [6.07, 6.45) is 4.32. The molecule has 0 atom stereocenters.